The van der Waals surface area contributed by atoms with Crippen LogP contribution >= 0.6 is 11.6 Å². The summed E-state index contributed by atoms with van der Waals surface area (Å²) in [6.07, 6.45) is 2.07. The van der Waals surface area contributed by atoms with Gasteiger partial charge in [0, 0.05) is 5.02 Å². The molecule has 0 unspecified atom stereocenters. The average Bonchev–Trinajstić information content (AvgIpc) is 3.44. The molecule has 1 amide bonds. The summed E-state index contributed by atoms with van der Waals surface area (Å²) in [7, 11) is 0. The van der Waals surface area contributed by atoms with Gasteiger partial charge in [0.1, 0.15) is 5.82 Å². The van der Waals surface area contributed by atoms with Crippen molar-refractivity contribution in [3.8, 4) is 0 Å². The van der Waals surface area contributed by atoms with Crippen molar-refractivity contribution in [1.82, 2.24) is 14.8 Å². The number of rotatable bonds is 4. The number of furan rings is 1. The highest BCUT2D eigenvalue weighted by Gasteiger charge is 2.31. The number of hydrogen-bond acceptors (Lipinski definition) is 5. The summed E-state index contributed by atoms with van der Waals surface area (Å²) in [5.41, 5.74) is 1.92. The molecule has 156 valence electrons. The molecule has 0 saturated carbocycles. The molecule has 0 radical (unpaired) electrons. The molecule has 31 heavy (non-hydrogen) atoms. The maximum Gasteiger partial charge on any atom is 0.293 e. The number of benzene rings is 2. The lowest BCUT2D eigenvalue weighted by Crippen LogP contribution is -2.28. The Hall–Kier alpha value is -3.65. The minimum atomic E-state index is -0.444. The molecule has 3 heterocycles. The number of halogens is 2. The standard InChI is InChI=1S/C22H17ClFN5O2/c23-15-7-3-13(4-8-15)17-12-18(14-5-9-16(24)10-6-14)29-22(25-17)27-21(28-29)26-20(30)19-2-1-11-31-19/h1-11,17-18H,12H2,(H2,25,26,27,28,30)/t17-,18+/m0/s1. The molecule has 0 fully saturated rings. The van der Waals surface area contributed by atoms with Crippen molar-refractivity contribution in [2.24, 2.45) is 0 Å². The number of aromatic nitrogens is 3. The Morgan fingerprint density at radius 2 is 1.87 bits per heavy atom. The first kappa shape index (κ1) is 19.3. The molecular weight excluding hydrogens is 421 g/mol. The lowest BCUT2D eigenvalue weighted by atomic mass is 9.93. The summed E-state index contributed by atoms with van der Waals surface area (Å²) in [6, 6.07) is 16.8. The maximum atomic E-state index is 13.5. The van der Waals surface area contributed by atoms with E-state index in [1.807, 2.05) is 24.3 Å². The van der Waals surface area contributed by atoms with Gasteiger partial charge >= 0.3 is 0 Å². The van der Waals surface area contributed by atoms with E-state index in [0.717, 1.165) is 11.1 Å². The molecule has 0 spiro atoms. The van der Waals surface area contributed by atoms with Gasteiger partial charge in [-0.2, -0.15) is 4.98 Å². The Bertz CT molecular complexity index is 1210. The summed E-state index contributed by atoms with van der Waals surface area (Å²) in [6.45, 7) is 0. The molecule has 4 aromatic rings. The van der Waals surface area contributed by atoms with Crippen LogP contribution in [0.3, 0.4) is 0 Å². The predicted octanol–water partition coefficient (Wildman–Crippen LogP) is 5.06. The summed E-state index contributed by atoms with van der Waals surface area (Å²) < 4.78 is 20.3. The Morgan fingerprint density at radius 1 is 1.13 bits per heavy atom. The number of nitrogens with one attached hydrogen (secondary N) is 2. The van der Waals surface area contributed by atoms with Crippen LogP contribution < -0.4 is 10.6 Å². The van der Waals surface area contributed by atoms with Crippen LogP contribution in [0.15, 0.2) is 71.3 Å². The fourth-order valence-electron chi connectivity index (χ4n) is 3.68. The smallest absolute Gasteiger partial charge is 0.293 e. The van der Waals surface area contributed by atoms with Crippen LogP contribution in [0.5, 0.6) is 0 Å². The van der Waals surface area contributed by atoms with Crippen molar-refractivity contribution in [2.75, 3.05) is 10.6 Å². The van der Waals surface area contributed by atoms with Gasteiger partial charge in [-0.15, -0.1) is 5.10 Å². The van der Waals surface area contributed by atoms with Gasteiger partial charge in [-0.1, -0.05) is 35.9 Å². The van der Waals surface area contributed by atoms with E-state index in [0.29, 0.717) is 17.4 Å². The monoisotopic (exact) mass is 437 g/mol. The number of hydrogen-bond donors (Lipinski definition) is 2. The highest BCUT2D eigenvalue weighted by Crippen LogP contribution is 2.38. The molecule has 2 aromatic carbocycles. The number of carbonyl (C=O) groups is 1. The molecule has 0 saturated heterocycles. The molecule has 0 aliphatic carbocycles. The van der Waals surface area contributed by atoms with Crippen LogP contribution in [-0.4, -0.2) is 20.7 Å². The summed E-state index contributed by atoms with van der Waals surface area (Å²) in [5.74, 6) is 0.0515. The predicted molar refractivity (Wildman–Crippen MR) is 114 cm³/mol. The normalized spacial score (nSPS) is 17.6. The Morgan fingerprint density at radius 3 is 2.58 bits per heavy atom. The van der Waals surface area contributed by atoms with E-state index < -0.39 is 5.91 Å². The Labute approximate surface area is 181 Å². The Kier molecular flexibility index (Phi) is 4.91. The van der Waals surface area contributed by atoms with Gasteiger partial charge in [0.2, 0.25) is 5.95 Å². The summed E-state index contributed by atoms with van der Waals surface area (Å²) >= 11 is 6.03. The van der Waals surface area contributed by atoms with Crippen molar-refractivity contribution in [3.63, 3.8) is 0 Å². The minimum Gasteiger partial charge on any atom is -0.459 e. The van der Waals surface area contributed by atoms with Crippen molar-refractivity contribution in [2.45, 2.75) is 18.5 Å². The van der Waals surface area contributed by atoms with Crippen molar-refractivity contribution >= 4 is 29.4 Å². The van der Waals surface area contributed by atoms with Crippen molar-refractivity contribution in [1.29, 1.82) is 0 Å². The third kappa shape index (κ3) is 3.89. The zero-order valence-electron chi connectivity index (χ0n) is 16.1. The second kappa shape index (κ2) is 7.88. The van der Waals surface area contributed by atoms with Crippen LogP contribution in [0.4, 0.5) is 16.3 Å². The zero-order valence-corrected chi connectivity index (χ0v) is 16.9. The van der Waals surface area contributed by atoms with Crippen LogP contribution in [-0.2, 0) is 0 Å². The summed E-state index contributed by atoms with van der Waals surface area (Å²) in [4.78, 5) is 16.8. The van der Waals surface area contributed by atoms with E-state index in [1.165, 1.54) is 18.4 Å². The SMILES string of the molecule is O=C(Nc1nc2n(n1)[C@@H](c1ccc(F)cc1)C[C@@H](c1ccc(Cl)cc1)N2)c1ccco1. The van der Waals surface area contributed by atoms with E-state index in [1.54, 1.807) is 28.9 Å². The lowest BCUT2D eigenvalue weighted by molar-refractivity contribution is 0.0995. The van der Waals surface area contributed by atoms with E-state index >= 15 is 0 Å². The minimum absolute atomic E-state index is 0.0716. The fourth-order valence-corrected chi connectivity index (χ4v) is 3.80. The van der Waals surface area contributed by atoms with E-state index in [9.17, 15) is 9.18 Å². The van der Waals surface area contributed by atoms with Gasteiger partial charge in [0.05, 0.1) is 18.3 Å². The van der Waals surface area contributed by atoms with Crippen LogP contribution in [0.1, 0.15) is 40.2 Å². The molecule has 5 rings (SSSR count). The lowest BCUT2D eigenvalue weighted by Gasteiger charge is -2.31. The first-order valence-corrected chi connectivity index (χ1v) is 10.0. The van der Waals surface area contributed by atoms with Gasteiger partial charge < -0.3 is 9.73 Å². The number of fused-ring (bicyclic) bond motifs is 1. The maximum absolute atomic E-state index is 13.5. The largest absolute Gasteiger partial charge is 0.459 e. The van der Waals surface area contributed by atoms with E-state index in [2.05, 4.69) is 20.7 Å². The van der Waals surface area contributed by atoms with Gasteiger partial charge in [-0.05, 0) is 53.9 Å². The summed E-state index contributed by atoms with van der Waals surface area (Å²) in [5, 5.41) is 11.2. The topological polar surface area (TPSA) is 85.0 Å². The van der Waals surface area contributed by atoms with Crippen molar-refractivity contribution in [3.05, 3.63) is 94.7 Å². The van der Waals surface area contributed by atoms with Gasteiger partial charge in [0.15, 0.2) is 5.76 Å². The second-order valence-electron chi connectivity index (χ2n) is 7.19. The molecule has 2 N–H and O–H groups in total. The number of anilines is 2. The number of carbonyl (C=O) groups excluding carboxylic acids is 1. The molecule has 9 heteroatoms. The average molecular weight is 438 g/mol. The molecule has 1 aliphatic heterocycles. The van der Waals surface area contributed by atoms with Crippen LogP contribution in [0, 0.1) is 5.82 Å². The van der Waals surface area contributed by atoms with Gasteiger partial charge in [-0.3, -0.25) is 10.1 Å². The van der Waals surface area contributed by atoms with Gasteiger partial charge in [0.25, 0.3) is 11.9 Å². The fraction of sp³-hybridized carbons (Fsp3) is 0.136. The van der Waals surface area contributed by atoms with E-state index in [-0.39, 0.29) is 29.6 Å². The molecule has 1 aliphatic rings. The highest BCUT2D eigenvalue weighted by atomic mass is 35.5. The van der Waals surface area contributed by atoms with Crippen molar-refractivity contribution < 1.29 is 13.6 Å². The zero-order chi connectivity index (χ0) is 21.4. The van der Waals surface area contributed by atoms with Crippen LogP contribution in [0.2, 0.25) is 5.02 Å². The molecule has 2 aromatic heterocycles. The second-order valence-corrected chi connectivity index (χ2v) is 7.62. The first-order chi connectivity index (χ1) is 15.1. The molecule has 2 atom stereocenters. The number of nitrogens with zero attached hydrogens (tertiary/aromatic N) is 3. The van der Waals surface area contributed by atoms with Gasteiger partial charge in [-0.25, -0.2) is 9.07 Å². The quantitative estimate of drug-likeness (QED) is 0.466. The third-order valence-corrected chi connectivity index (χ3v) is 5.44. The third-order valence-electron chi connectivity index (χ3n) is 5.19. The highest BCUT2D eigenvalue weighted by molar-refractivity contribution is 6.30. The van der Waals surface area contributed by atoms with E-state index in [4.69, 9.17) is 16.0 Å². The molecule has 0 bridgehead atoms. The van der Waals surface area contributed by atoms with Crippen LogP contribution in [0.25, 0.3) is 0 Å². The first-order valence-electron chi connectivity index (χ1n) is 9.66. The number of amides is 1. The molecular formula is C22H17ClFN5O2. The Balaban J connectivity index is 1.50. The molecule has 7 nitrogen and oxygen atoms in total.